The molecule has 1 fully saturated rings. The van der Waals surface area contributed by atoms with E-state index < -0.39 is 0 Å². The molecule has 80 valence electrons. The molecular weight excluding hydrogens is 196 g/mol. The molecule has 0 heterocycles. The number of rotatable bonds is 4. The largest absolute Gasteiger partial charge is 0.299 e. The molecule has 0 aromatic rings. The van der Waals surface area contributed by atoms with Crippen LogP contribution in [0.1, 0.15) is 39.5 Å². The SMILES string of the molecule is CC(=O)SC[C@@H](C)C[C@@H]1CCCC1=O. The predicted molar refractivity (Wildman–Crippen MR) is 59.3 cm³/mol. The molecule has 0 N–H and O–H groups in total. The maximum Gasteiger partial charge on any atom is 0.185 e. The Balaban J connectivity index is 2.22. The van der Waals surface area contributed by atoms with Crippen LogP contribution in [0.3, 0.4) is 0 Å². The molecule has 1 saturated carbocycles. The Labute approximate surface area is 89.8 Å². The third-order valence-corrected chi connectivity index (χ3v) is 3.83. The van der Waals surface area contributed by atoms with Crippen LogP contribution in [-0.4, -0.2) is 16.7 Å². The van der Waals surface area contributed by atoms with Crippen LogP contribution in [0.25, 0.3) is 0 Å². The monoisotopic (exact) mass is 214 g/mol. The lowest BCUT2D eigenvalue weighted by Gasteiger charge is -2.13. The highest BCUT2D eigenvalue weighted by molar-refractivity contribution is 8.13. The molecule has 0 bridgehead atoms. The Hall–Kier alpha value is -0.310. The number of hydrogen-bond donors (Lipinski definition) is 0. The highest BCUT2D eigenvalue weighted by Crippen LogP contribution is 2.28. The average molecular weight is 214 g/mol. The van der Waals surface area contributed by atoms with Crippen LogP contribution in [0, 0.1) is 11.8 Å². The average Bonchev–Trinajstić information content (AvgIpc) is 2.49. The van der Waals surface area contributed by atoms with E-state index in [-0.39, 0.29) is 11.0 Å². The molecule has 0 spiro atoms. The first-order valence-corrected chi connectivity index (χ1v) is 6.24. The van der Waals surface area contributed by atoms with E-state index in [4.69, 9.17) is 0 Å². The standard InChI is InChI=1S/C11H18O2S/c1-8(7-14-9(2)12)6-10-4-3-5-11(10)13/h8,10H,3-7H2,1-2H3/t8-,10-/m0/s1. The zero-order valence-corrected chi connectivity index (χ0v) is 9.73. The van der Waals surface area contributed by atoms with Gasteiger partial charge in [-0.25, -0.2) is 0 Å². The summed E-state index contributed by atoms with van der Waals surface area (Å²) in [5, 5.41) is 0.176. The Morgan fingerprint density at radius 2 is 2.36 bits per heavy atom. The molecule has 1 aliphatic rings. The van der Waals surface area contributed by atoms with Crippen LogP contribution in [-0.2, 0) is 9.59 Å². The summed E-state index contributed by atoms with van der Waals surface area (Å²) in [4.78, 5) is 22.1. The fourth-order valence-corrected chi connectivity index (χ4v) is 2.61. The van der Waals surface area contributed by atoms with Crippen LogP contribution >= 0.6 is 11.8 Å². The van der Waals surface area contributed by atoms with Crippen molar-refractivity contribution in [3.63, 3.8) is 0 Å². The van der Waals surface area contributed by atoms with Crippen LogP contribution < -0.4 is 0 Å². The van der Waals surface area contributed by atoms with Crippen molar-refractivity contribution < 1.29 is 9.59 Å². The van der Waals surface area contributed by atoms with E-state index in [1.165, 1.54) is 11.8 Å². The summed E-state index contributed by atoms with van der Waals surface area (Å²) in [7, 11) is 0. The van der Waals surface area contributed by atoms with Gasteiger partial charge in [0.1, 0.15) is 5.78 Å². The minimum absolute atomic E-state index is 0.176. The van der Waals surface area contributed by atoms with Gasteiger partial charge in [-0.15, -0.1) is 0 Å². The first kappa shape index (κ1) is 11.8. The molecule has 0 amide bonds. The molecule has 0 unspecified atom stereocenters. The van der Waals surface area contributed by atoms with Crippen LogP contribution in [0.15, 0.2) is 0 Å². The Kier molecular flexibility index (Phi) is 4.66. The van der Waals surface area contributed by atoms with E-state index in [1.54, 1.807) is 6.92 Å². The lowest BCUT2D eigenvalue weighted by Crippen LogP contribution is -2.12. The van der Waals surface area contributed by atoms with Crippen molar-refractivity contribution in [2.75, 3.05) is 5.75 Å². The summed E-state index contributed by atoms with van der Waals surface area (Å²) in [5.74, 6) is 2.07. The molecule has 0 radical (unpaired) electrons. The lowest BCUT2D eigenvalue weighted by molar-refractivity contribution is -0.121. The molecule has 3 heteroatoms. The van der Waals surface area contributed by atoms with E-state index >= 15 is 0 Å². The summed E-state index contributed by atoms with van der Waals surface area (Å²) in [5.41, 5.74) is 0. The topological polar surface area (TPSA) is 34.1 Å². The second-order valence-corrected chi connectivity index (χ2v) is 5.40. The van der Waals surface area contributed by atoms with Gasteiger partial charge in [-0.1, -0.05) is 18.7 Å². The molecule has 0 aromatic carbocycles. The van der Waals surface area contributed by atoms with Crippen molar-refractivity contribution in [3.05, 3.63) is 0 Å². The van der Waals surface area contributed by atoms with Gasteiger partial charge in [-0.05, 0) is 25.2 Å². The van der Waals surface area contributed by atoms with E-state index in [9.17, 15) is 9.59 Å². The number of ketones is 1. The molecule has 2 atom stereocenters. The maximum absolute atomic E-state index is 11.4. The van der Waals surface area contributed by atoms with Crippen LogP contribution in [0.5, 0.6) is 0 Å². The summed E-state index contributed by atoms with van der Waals surface area (Å²) < 4.78 is 0. The number of carbonyl (C=O) groups is 2. The van der Waals surface area contributed by atoms with Gasteiger partial charge in [0, 0.05) is 25.0 Å². The van der Waals surface area contributed by atoms with Gasteiger partial charge in [0.15, 0.2) is 5.12 Å². The predicted octanol–water partition coefficient (Wildman–Crippen LogP) is 2.66. The normalized spacial score (nSPS) is 23.9. The smallest absolute Gasteiger partial charge is 0.185 e. The number of thioether (sulfide) groups is 1. The van der Waals surface area contributed by atoms with Gasteiger partial charge in [0.2, 0.25) is 0 Å². The van der Waals surface area contributed by atoms with E-state index in [0.29, 0.717) is 11.7 Å². The fourth-order valence-electron chi connectivity index (χ4n) is 1.95. The molecule has 14 heavy (non-hydrogen) atoms. The van der Waals surface area contributed by atoms with Crippen molar-refractivity contribution in [1.82, 2.24) is 0 Å². The third kappa shape index (κ3) is 3.82. The Morgan fingerprint density at radius 1 is 1.64 bits per heavy atom. The van der Waals surface area contributed by atoms with Crippen molar-refractivity contribution in [2.45, 2.75) is 39.5 Å². The first-order chi connectivity index (χ1) is 6.59. The zero-order chi connectivity index (χ0) is 10.6. The second-order valence-electron chi connectivity index (χ2n) is 4.20. The molecule has 2 nitrogen and oxygen atoms in total. The number of hydrogen-bond acceptors (Lipinski definition) is 3. The molecule has 0 saturated heterocycles. The van der Waals surface area contributed by atoms with Crippen LogP contribution in [0.4, 0.5) is 0 Å². The van der Waals surface area contributed by atoms with Gasteiger partial charge >= 0.3 is 0 Å². The van der Waals surface area contributed by atoms with Crippen molar-refractivity contribution in [2.24, 2.45) is 11.8 Å². The summed E-state index contributed by atoms with van der Waals surface area (Å²) in [6.45, 7) is 3.72. The highest BCUT2D eigenvalue weighted by atomic mass is 32.2. The minimum atomic E-state index is 0.176. The van der Waals surface area contributed by atoms with Gasteiger partial charge in [0.05, 0.1) is 0 Å². The van der Waals surface area contributed by atoms with E-state index in [0.717, 1.165) is 31.4 Å². The van der Waals surface area contributed by atoms with Crippen LogP contribution in [0.2, 0.25) is 0 Å². The highest BCUT2D eigenvalue weighted by Gasteiger charge is 2.25. The summed E-state index contributed by atoms with van der Waals surface area (Å²) in [6, 6.07) is 0. The maximum atomic E-state index is 11.4. The zero-order valence-electron chi connectivity index (χ0n) is 8.91. The molecular formula is C11H18O2S. The quantitative estimate of drug-likeness (QED) is 0.721. The van der Waals surface area contributed by atoms with Crippen molar-refractivity contribution in [3.8, 4) is 0 Å². The van der Waals surface area contributed by atoms with Gasteiger partial charge in [-0.3, -0.25) is 9.59 Å². The first-order valence-electron chi connectivity index (χ1n) is 5.25. The molecule has 0 aliphatic heterocycles. The minimum Gasteiger partial charge on any atom is -0.299 e. The Morgan fingerprint density at radius 3 is 2.86 bits per heavy atom. The molecule has 0 aromatic heterocycles. The number of Topliss-reactive ketones (excluding diaryl/α,β-unsaturated/α-hetero) is 1. The van der Waals surface area contributed by atoms with Gasteiger partial charge < -0.3 is 0 Å². The third-order valence-electron chi connectivity index (χ3n) is 2.69. The van der Waals surface area contributed by atoms with Crippen molar-refractivity contribution >= 4 is 22.7 Å². The van der Waals surface area contributed by atoms with E-state index in [1.807, 2.05) is 0 Å². The molecule has 1 rings (SSSR count). The van der Waals surface area contributed by atoms with Gasteiger partial charge in [0.25, 0.3) is 0 Å². The van der Waals surface area contributed by atoms with E-state index in [2.05, 4.69) is 6.92 Å². The second kappa shape index (κ2) is 5.54. The summed E-state index contributed by atoms with van der Waals surface area (Å²) in [6.07, 6.45) is 3.88. The number of carbonyl (C=O) groups excluding carboxylic acids is 2. The van der Waals surface area contributed by atoms with Gasteiger partial charge in [-0.2, -0.15) is 0 Å². The fraction of sp³-hybridized carbons (Fsp3) is 0.818. The summed E-state index contributed by atoms with van der Waals surface area (Å²) >= 11 is 1.37. The van der Waals surface area contributed by atoms with Crippen molar-refractivity contribution in [1.29, 1.82) is 0 Å². The Bertz CT molecular complexity index is 225. The molecule has 1 aliphatic carbocycles. The lowest BCUT2D eigenvalue weighted by atomic mass is 9.95.